The molecule has 0 fully saturated rings. The first-order valence-electron chi connectivity index (χ1n) is 10.4. The molecule has 0 atom stereocenters. The Kier molecular flexibility index (Phi) is 6.21. The van der Waals surface area contributed by atoms with Crippen LogP contribution in [0.1, 0.15) is 22.1 Å². The molecule has 0 aliphatic carbocycles. The van der Waals surface area contributed by atoms with Gasteiger partial charge in [-0.05, 0) is 42.0 Å². The molecule has 0 aliphatic rings. The van der Waals surface area contributed by atoms with Crippen LogP contribution in [0.15, 0.2) is 60.8 Å². The highest BCUT2D eigenvalue weighted by atomic mass is 19.4. The molecule has 4 rings (SSSR count). The van der Waals surface area contributed by atoms with Crippen LogP contribution in [0.4, 0.5) is 13.2 Å². The number of aromatic hydroxyl groups is 1. The summed E-state index contributed by atoms with van der Waals surface area (Å²) in [4.78, 5) is 24.2. The molecule has 7 nitrogen and oxygen atoms in total. The zero-order valence-corrected chi connectivity index (χ0v) is 18.6. The van der Waals surface area contributed by atoms with Gasteiger partial charge in [-0.25, -0.2) is 9.59 Å². The highest BCUT2D eigenvalue weighted by Gasteiger charge is 2.48. The number of esters is 1. The number of benzene rings is 3. The molecular weight excluding hydrogens is 467 g/mol. The third kappa shape index (κ3) is 4.54. The lowest BCUT2D eigenvalue weighted by Gasteiger charge is -2.12. The largest absolute Gasteiger partial charge is 0.521 e. The molecule has 0 aliphatic heterocycles. The SMILES string of the molecule is CCOC(=O)c1cccc2cc(Oc3cc[n+](C(=O)C(F)(F)F)c4cc(O)c(OC)cc34)ccc12. The Morgan fingerprint density at radius 2 is 1.77 bits per heavy atom. The number of phenols is 1. The fraction of sp³-hybridized carbons (Fsp3) is 0.160. The quantitative estimate of drug-likeness (QED) is 0.310. The Hall–Kier alpha value is -4.34. The molecule has 0 spiro atoms. The number of ether oxygens (including phenoxy) is 3. The Balaban J connectivity index is 1.82. The zero-order valence-electron chi connectivity index (χ0n) is 18.6. The van der Waals surface area contributed by atoms with E-state index in [4.69, 9.17) is 14.2 Å². The molecule has 4 aromatic rings. The van der Waals surface area contributed by atoms with Crippen LogP contribution in [0, 0.1) is 0 Å². The molecule has 0 amide bonds. The van der Waals surface area contributed by atoms with E-state index in [2.05, 4.69) is 0 Å². The number of nitrogens with zero attached hydrogens (tertiary/aromatic N) is 1. The van der Waals surface area contributed by atoms with Gasteiger partial charge in [-0.3, -0.25) is 0 Å². The van der Waals surface area contributed by atoms with E-state index in [-0.39, 0.29) is 29.0 Å². The summed E-state index contributed by atoms with van der Waals surface area (Å²) in [5, 5.41) is 11.5. The van der Waals surface area contributed by atoms with Crippen LogP contribution in [0.5, 0.6) is 23.0 Å². The topological polar surface area (TPSA) is 85.9 Å². The summed E-state index contributed by atoms with van der Waals surface area (Å²) < 4.78 is 55.8. The minimum absolute atomic E-state index is 0.0165. The van der Waals surface area contributed by atoms with Crippen LogP contribution in [0.25, 0.3) is 21.7 Å². The average molecular weight is 486 g/mol. The fourth-order valence-electron chi connectivity index (χ4n) is 3.67. The van der Waals surface area contributed by atoms with Gasteiger partial charge in [-0.15, -0.1) is 4.57 Å². The molecule has 0 saturated heterocycles. The van der Waals surface area contributed by atoms with Crippen molar-refractivity contribution >= 4 is 33.6 Å². The number of phenolic OH excluding ortho intramolecular Hbond substituents is 1. The number of hydrogen-bond acceptors (Lipinski definition) is 6. The third-order valence-corrected chi connectivity index (χ3v) is 5.23. The van der Waals surface area contributed by atoms with Crippen LogP contribution in [-0.2, 0) is 4.74 Å². The van der Waals surface area contributed by atoms with E-state index in [0.717, 1.165) is 12.3 Å². The zero-order chi connectivity index (χ0) is 25.3. The van der Waals surface area contributed by atoms with Gasteiger partial charge >= 0.3 is 18.1 Å². The molecule has 0 bridgehead atoms. The summed E-state index contributed by atoms with van der Waals surface area (Å²) in [5.41, 5.74) is 0.154. The van der Waals surface area contributed by atoms with Crippen molar-refractivity contribution < 1.29 is 46.6 Å². The van der Waals surface area contributed by atoms with Crippen LogP contribution in [-0.4, -0.2) is 36.9 Å². The van der Waals surface area contributed by atoms with Crippen molar-refractivity contribution in [1.29, 1.82) is 0 Å². The van der Waals surface area contributed by atoms with Gasteiger partial charge in [0.25, 0.3) is 0 Å². The highest BCUT2D eigenvalue weighted by molar-refractivity contribution is 6.04. The first-order chi connectivity index (χ1) is 16.6. The summed E-state index contributed by atoms with van der Waals surface area (Å²) in [6, 6.07) is 13.5. The molecule has 3 aromatic carbocycles. The maximum Gasteiger partial charge on any atom is 0.521 e. The van der Waals surface area contributed by atoms with Gasteiger partial charge < -0.3 is 19.3 Å². The predicted molar refractivity (Wildman–Crippen MR) is 119 cm³/mol. The molecular formula is C25H19F3NO6+. The van der Waals surface area contributed by atoms with Gasteiger partial charge in [0.15, 0.2) is 17.7 Å². The van der Waals surface area contributed by atoms with Crippen molar-refractivity contribution in [3.8, 4) is 23.0 Å². The second kappa shape index (κ2) is 9.13. The van der Waals surface area contributed by atoms with Crippen molar-refractivity contribution in [1.82, 2.24) is 0 Å². The van der Waals surface area contributed by atoms with Gasteiger partial charge in [0.05, 0.1) is 30.7 Å². The lowest BCUT2D eigenvalue weighted by Crippen LogP contribution is -2.51. The number of fused-ring (bicyclic) bond motifs is 2. The van der Waals surface area contributed by atoms with Crippen molar-refractivity contribution in [3.05, 3.63) is 66.4 Å². The van der Waals surface area contributed by atoms with Crippen molar-refractivity contribution in [2.45, 2.75) is 13.1 Å². The summed E-state index contributed by atoms with van der Waals surface area (Å²) in [6.45, 7) is 1.94. The lowest BCUT2D eigenvalue weighted by atomic mass is 10.0. The Morgan fingerprint density at radius 1 is 1.00 bits per heavy atom. The Morgan fingerprint density at radius 3 is 2.46 bits per heavy atom. The number of pyridine rings is 1. The minimum Gasteiger partial charge on any atom is -0.504 e. The minimum atomic E-state index is -5.13. The molecule has 1 heterocycles. The number of rotatable bonds is 5. The summed E-state index contributed by atoms with van der Waals surface area (Å²) in [7, 11) is 1.28. The van der Waals surface area contributed by atoms with Crippen molar-refractivity contribution in [2.75, 3.05) is 13.7 Å². The monoisotopic (exact) mass is 486 g/mol. The van der Waals surface area contributed by atoms with Crippen molar-refractivity contribution in [3.63, 3.8) is 0 Å². The molecule has 0 unspecified atom stereocenters. The maximum absolute atomic E-state index is 13.1. The van der Waals surface area contributed by atoms with Gasteiger partial charge in [0.1, 0.15) is 11.5 Å². The third-order valence-electron chi connectivity index (χ3n) is 5.23. The molecule has 0 saturated carbocycles. The number of methoxy groups -OCH3 is 1. The molecule has 10 heteroatoms. The highest BCUT2D eigenvalue weighted by Crippen LogP contribution is 2.37. The number of hydrogen-bond donors (Lipinski definition) is 1. The number of carbonyl (C=O) groups excluding carboxylic acids is 2. The van der Waals surface area contributed by atoms with E-state index in [1.807, 2.05) is 0 Å². The molecule has 35 heavy (non-hydrogen) atoms. The van der Waals surface area contributed by atoms with Crippen LogP contribution in [0.2, 0.25) is 0 Å². The van der Waals surface area contributed by atoms with Gasteiger partial charge in [0.2, 0.25) is 5.52 Å². The first kappa shape index (κ1) is 23.8. The number of aromatic nitrogens is 1. The number of carbonyl (C=O) groups is 2. The normalized spacial score (nSPS) is 11.5. The second-order valence-electron chi connectivity index (χ2n) is 7.41. The van der Waals surface area contributed by atoms with Crippen LogP contribution >= 0.6 is 0 Å². The van der Waals surface area contributed by atoms with E-state index >= 15 is 0 Å². The molecule has 1 aromatic heterocycles. The van der Waals surface area contributed by atoms with Crippen molar-refractivity contribution in [2.24, 2.45) is 0 Å². The predicted octanol–water partition coefficient (Wildman–Crippen LogP) is 5.17. The standard InChI is InChI=1S/C25H18F3NO6/c1-3-34-23(31)17-6-4-5-14-11-15(7-8-16(14)17)35-21-9-10-29(24(32)25(26,27)28)19-13-20(30)22(33-2)12-18(19)21/h4-13H,3H2,1-2H3/p+1. The van der Waals surface area contributed by atoms with E-state index in [0.29, 0.717) is 26.7 Å². The van der Waals surface area contributed by atoms with E-state index < -0.39 is 23.8 Å². The fourth-order valence-corrected chi connectivity index (χ4v) is 3.67. The van der Waals surface area contributed by atoms with E-state index in [1.165, 1.54) is 19.2 Å². The molecule has 1 N–H and O–H groups in total. The van der Waals surface area contributed by atoms with Crippen LogP contribution < -0.4 is 14.0 Å². The van der Waals surface area contributed by atoms with Gasteiger partial charge in [-0.2, -0.15) is 13.2 Å². The van der Waals surface area contributed by atoms with Crippen LogP contribution in [0.3, 0.4) is 0 Å². The van der Waals surface area contributed by atoms with Gasteiger partial charge in [0, 0.05) is 12.1 Å². The Labute approximate surface area is 196 Å². The second-order valence-corrected chi connectivity index (χ2v) is 7.41. The smallest absolute Gasteiger partial charge is 0.504 e. The Bertz CT molecular complexity index is 1470. The number of alkyl halides is 3. The molecule has 180 valence electrons. The summed E-state index contributed by atoms with van der Waals surface area (Å²) >= 11 is 0. The maximum atomic E-state index is 13.1. The summed E-state index contributed by atoms with van der Waals surface area (Å²) in [6.07, 6.45) is -4.22. The van der Waals surface area contributed by atoms with E-state index in [9.17, 15) is 27.9 Å². The molecule has 0 radical (unpaired) electrons. The average Bonchev–Trinajstić information content (AvgIpc) is 2.82. The summed E-state index contributed by atoms with van der Waals surface area (Å²) in [5.74, 6) is -2.62. The van der Waals surface area contributed by atoms with E-state index in [1.54, 1.807) is 43.3 Å². The van der Waals surface area contributed by atoms with Gasteiger partial charge in [-0.1, -0.05) is 12.1 Å². The lowest BCUT2D eigenvalue weighted by molar-refractivity contribution is -0.559. The number of halogens is 3. The first-order valence-corrected chi connectivity index (χ1v) is 10.4.